The van der Waals surface area contributed by atoms with Crippen molar-refractivity contribution >= 4 is 27.5 Å². The molecule has 29 heavy (non-hydrogen) atoms. The van der Waals surface area contributed by atoms with Gasteiger partial charge in [-0.25, -0.2) is 8.42 Å². The SMILES string of the molecule is COc1ccc(Cl)cc1S(=O)(=O)N(CCC(=O)N1CCNCC1)C[C@H]1CCCO1. The Hall–Kier alpha value is -1.39. The third-order valence-electron chi connectivity index (χ3n) is 5.22. The minimum absolute atomic E-state index is 0.000110. The number of methoxy groups -OCH3 is 1. The van der Waals surface area contributed by atoms with Crippen molar-refractivity contribution in [2.75, 3.05) is 53.0 Å². The van der Waals surface area contributed by atoms with E-state index < -0.39 is 10.0 Å². The Morgan fingerprint density at radius 3 is 2.79 bits per heavy atom. The fourth-order valence-corrected chi connectivity index (χ4v) is 5.50. The van der Waals surface area contributed by atoms with Gasteiger partial charge in [0.2, 0.25) is 15.9 Å². The first-order chi connectivity index (χ1) is 13.9. The van der Waals surface area contributed by atoms with Gasteiger partial charge in [0.25, 0.3) is 0 Å². The van der Waals surface area contributed by atoms with Crippen molar-refractivity contribution in [1.82, 2.24) is 14.5 Å². The van der Waals surface area contributed by atoms with Gasteiger partial charge in [-0.05, 0) is 31.0 Å². The van der Waals surface area contributed by atoms with Gasteiger partial charge in [-0.15, -0.1) is 0 Å². The minimum Gasteiger partial charge on any atom is -0.495 e. The minimum atomic E-state index is -3.92. The number of benzene rings is 1. The Kier molecular flexibility index (Phi) is 7.75. The van der Waals surface area contributed by atoms with Gasteiger partial charge in [-0.3, -0.25) is 4.79 Å². The van der Waals surface area contributed by atoms with E-state index in [-0.39, 0.29) is 42.2 Å². The monoisotopic (exact) mass is 445 g/mol. The number of carbonyl (C=O) groups is 1. The summed E-state index contributed by atoms with van der Waals surface area (Å²) in [5, 5.41) is 3.51. The van der Waals surface area contributed by atoms with E-state index in [1.54, 1.807) is 11.0 Å². The first kappa shape index (κ1) is 22.3. The van der Waals surface area contributed by atoms with Crippen LogP contribution in [0.5, 0.6) is 5.75 Å². The molecule has 3 rings (SSSR count). The maximum atomic E-state index is 13.4. The van der Waals surface area contributed by atoms with Crippen molar-refractivity contribution < 1.29 is 22.7 Å². The lowest BCUT2D eigenvalue weighted by Gasteiger charge is -2.29. The van der Waals surface area contributed by atoms with Crippen LogP contribution in [-0.2, 0) is 19.6 Å². The fraction of sp³-hybridized carbons (Fsp3) is 0.632. The maximum absolute atomic E-state index is 13.4. The van der Waals surface area contributed by atoms with Crippen molar-refractivity contribution in [1.29, 1.82) is 0 Å². The standard InChI is InChI=1S/C19H28ClN3O5S/c1-27-17-5-4-15(20)13-18(17)29(25,26)23(14-16-3-2-12-28-16)9-6-19(24)22-10-7-21-8-11-22/h4-5,13,16,21H,2-3,6-12,14H2,1H3/t16-/m1/s1. The molecule has 1 N–H and O–H groups in total. The highest BCUT2D eigenvalue weighted by Gasteiger charge is 2.32. The number of hydrogen-bond acceptors (Lipinski definition) is 6. The molecular formula is C19H28ClN3O5S. The number of ether oxygens (including phenoxy) is 2. The third-order valence-corrected chi connectivity index (χ3v) is 7.34. The quantitative estimate of drug-likeness (QED) is 0.649. The van der Waals surface area contributed by atoms with Crippen molar-refractivity contribution in [3.63, 3.8) is 0 Å². The Morgan fingerprint density at radius 1 is 1.38 bits per heavy atom. The average molecular weight is 446 g/mol. The van der Waals surface area contributed by atoms with E-state index in [0.717, 1.165) is 25.9 Å². The van der Waals surface area contributed by atoms with E-state index in [0.29, 0.717) is 24.7 Å². The summed E-state index contributed by atoms with van der Waals surface area (Å²) in [6.07, 6.45) is 1.64. The normalized spacial score (nSPS) is 20.2. The van der Waals surface area contributed by atoms with E-state index in [1.165, 1.54) is 23.5 Å². The summed E-state index contributed by atoms with van der Waals surface area (Å²) in [5.41, 5.74) is 0. The van der Waals surface area contributed by atoms with Gasteiger partial charge >= 0.3 is 0 Å². The topological polar surface area (TPSA) is 88.2 Å². The highest BCUT2D eigenvalue weighted by atomic mass is 35.5. The summed E-state index contributed by atoms with van der Waals surface area (Å²) in [6, 6.07) is 4.50. The maximum Gasteiger partial charge on any atom is 0.246 e. The molecule has 1 amide bonds. The summed E-state index contributed by atoms with van der Waals surface area (Å²) >= 11 is 6.05. The molecule has 0 bridgehead atoms. The average Bonchev–Trinajstić information content (AvgIpc) is 3.24. The van der Waals surface area contributed by atoms with Gasteiger partial charge in [-0.2, -0.15) is 4.31 Å². The zero-order valence-corrected chi connectivity index (χ0v) is 18.2. The smallest absolute Gasteiger partial charge is 0.246 e. The van der Waals surface area contributed by atoms with Crippen molar-refractivity contribution in [2.24, 2.45) is 0 Å². The van der Waals surface area contributed by atoms with Crippen LogP contribution in [0.25, 0.3) is 0 Å². The largest absolute Gasteiger partial charge is 0.495 e. The van der Waals surface area contributed by atoms with Gasteiger partial charge in [0, 0.05) is 57.3 Å². The zero-order chi connectivity index (χ0) is 20.9. The number of rotatable bonds is 8. The molecule has 0 spiro atoms. The molecule has 0 aliphatic carbocycles. The molecule has 1 aromatic carbocycles. The number of carbonyl (C=O) groups excluding carboxylic acids is 1. The van der Waals surface area contributed by atoms with E-state index in [9.17, 15) is 13.2 Å². The van der Waals surface area contributed by atoms with Crippen molar-refractivity contribution in [3.8, 4) is 5.75 Å². The van der Waals surface area contributed by atoms with Gasteiger partial charge in [-0.1, -0.05) is 11.6 Å². The lowest BCUT2D eigenvalue weighted by molar-refractivity contribution is -0.131. The lowest BCUT2D eigenvalue weighted by atomic mass is 10.2. The van der Waals surface area contributed by atoms with E-state index in [1.807, 2.05) is 0 Å². The third kappa shape index (κ3) is 5.61. The lowest BCUT2D eigenvalue weighted by Crippen LogP contribution is -2.47. The number of nitrogens with one attached hydrogen (secondary N) is 1. The molecule has 0 saturated carbocycles. The predicted octanol–water partition coefficient (Wildman–Crippen LogP) is 1.34. The Bertz CT molecular complexity index is 808. The molecule has 0 aromatic heterocycles. The van der Waals surface area contributed by atoms with Gasteiger partial charge < -0.3 is 19.7 Å². The molecule has 0 unspecified atom stereocenters. The summed E-state index contributed by atoms with van der Waals surface area (Å²) in [5.74, 6) is 0.178. The number of amides is 1. The van der Waals surface area contributed by atoms with Gasteiger partial charge in [0.15, 0.2) is 0 Å². The number of sulfonamides is 1. The fourth-order valence-electron chi connectivity index (χ4n) is 3.61. The first-order valence-corrected chi connectivity index (χ1v) is 11.7. The van der Waals surface area contributed by atoms with Crippen LogP contribution in [0.15, 0.2) is 23.1 Å². The van der Waals surface area contributed by atoms with E-state index in [4.69, 9.17) is 21.1 Å². The van der Waals surface area contributed by atoms with Crippen molar-refractivity contribution in [2.45, 2.75) is 30.3 Å². The molecule has 2 fully saturated rings. The Labute approximate surface area is 177 Å². The second-order valence-electron chi connectivity index (χ2n) is 7.17. The molecule has 8 nitrogen and oxygen atoms in total. The second kappa shape index (κ2) is 10.1. The van der Waals surface area contributed by atoms with Crippen LogP contribution >= 0.6 is 11.6 Å². The van der Waals surface area contributed by atoms with Crippen LogP contribution in [0.1, 0.15) is 19.3 Å². The molecular weight excluding hydrogens is 418 g/mol. The summed E-state index contributed by atoms with van der Waals surface area (Å²) in [7, 11) is -2.50. The number of piperazine rings is 1. The molecule has 0 radical (unpaired) electrons. The molecule has 1 atom stereocenters. The Balaban J connectivity index is 1.80. The highest BCUT2D eigenvalue weighted by molar-refractivity contribution is 7.89. The van der Waals surface area contributed by atoms with Gasteiger partial charge in [0.05, 0.1) is 13.2 Å². The molecule has 2 saturated heterocycles. The van der Waals surface area contributed by atoms with Crippen LogP contribution in [0.2, 0.25) is 5.02 Å². The molecule has 1 aromatic rings. The molecule has 2 aliphatic heterocycles. The zero-order valence-electron chi connectivity index (χ0n) is 16.6. The summed E-state index contributed by atoms with van der Waals surface area (Å²) in [6.45, 7) is 3.69. The van der Waals surface area contributed by atoms with E-state index >= 15 is 0 Å². The second-order valence-corrected chi connectivity index (χ2v) is 9.52. The highest BCUT2D eigenvalue weighted by Crippen LogP contribution is 2.30. The number of nitrogens with zero attached hydrogens (tertiary/aromatic N) is 2. The molecule has 2 aliphatic rings. The molecule has 10 heteroatoms. The van der Waals surface area contributed by atoms with E-state index in [2.05, 4.69) is 5.32 Å². The van der Waals surface area contributed by atoms with Crippen LogP contribution < -0.4 is 10.1 Å². The van der Waals surface area contributed by atoms with Crippen LogP contribution in [-0.4, -0.2) is 82.6 Å². The van der Waals surface area contributed by atoms with Crippen LogP contribution in [0.4, 0.5) is 0 Å². The molecule has 162 valence electrons. The van der Waals surface area contributed by atoms with Crippen LogP contribution in [0, 0.1) is 0 Å². The number of halogens is 1. The van der Waals surface area contributed by atoms with Crippen LogP contribution in [0.3, 0.4) is 0 Å². The van der Waals surface area contributed by atoms with Crippen molar-refractivity contribution in [3.05, 3.63) is 23.2 Å². The predicted molar refractivity (Wildman–Crippen MR) is 110 cm³/mol. The number of hydrogen-bond donors (Lipinski definition) is 1. The Morgan fingerprint density at radius 2 is 2.14 bits per heavy atom. The molecule has 2 heterocycles. The first-order valence-electron chi connectivity index (χ1n) is 9.85. The summed E-state index contributed by atoms with van der Waals surface area (Å²) in [4.78, 5) is 14.4. The summed E-state index contributed by atoms with van der Waals surface area (Å²) < 4.78 is 39.1. The van der Waals surface area contributed by atoms with Gasteiger partial charge in [0.1, 0.15) is 10.6 Å².